The van der Waals surface area contributed by atoms with Crippen molar-refractivity contribution in [1.82, 2.24) is 0 Å². The highest BCUT2D eigenvalue weighted by Crippen LogP contribution is 2.14. The van der Waals surface area contributed by atoms with Crippen molar-refractivity contribution in [3.05, 3.63) is 41.5 Å². The van der Waals surface area contributed by atoms with Crippen molar-refractivity contribution >= 4 is 18.3 Å². The minimum absolute atomic E-state index is 0.128. The van der Waals surface area contributed by atoms with Crippen molar-refractivity contribution in [2.45, 2.75) is 6.92 Å². The van der Waals surface area contributed by atoms with E-state index in [2.05, 4.69) is 4.74 Å². The fourth-order valence-corrected chi connectivity index (χ4v) is 1.28. The topological polar surface area (TPSA) is 43.4 Å². The average Bonchev–Trinajstić information content (AvgIpc) is 2.35. The predicted octanol–water partition coefficient (Wildman–Crippen LogP) is 2.08. The van der Waals surface area contributed by atoms with E-state index in [1.165, 1.54) is 13.2 Å². The molecule has 1 aromatic rings. The number of rotatable bonds is 4. The molecule has 0 aliphatic heterocycles. The van der Waals surface area contributed by atoms with E-state index in [1.807, 2.05) is 18.2 Å². The molecule has 0 aliphatic carbocycles. The van der Waals surface area contributed by atoms with E-state index in [-0.39, 0.29) is 5.57 Å². The molecule has 1 aromatic carbocycles. The summed E-state index contributed by atoms with van der Waals surface area (Å²) < 4.78 is 11.7. The quantitative estimate of drug-likeness (QED) is 0.442. The Bertz CT molecular complexity index is 437. The third-order valence-corrected chi connectivity index (χ3v) is 2.26. The first-order valence-electron chi connectivity index (χ1n) is 5.41. The fraction of sp³-hybridized carbons (Fsp3) is 0.231. The van der Waals surface area contributed by atoms with Crippen LogP contribution in [0.15, 0.2) is 35.9 Å². The second-order valence-corrected chi connectivity index (χ2v) is 3.36. The number of hydrogen-bond acceptors (Lipinski definition) is 3. The average molecular weight is 219 g/mol. The molecule has 0 radical (unpaired) electrons. The Kier molecular flexibility index (Phi) is 3.88. The first kappa shape index (κ1) is 10.6. The van der Waals surface area contributed by atoms with E-state index in [9.17, 15) is 9.59 Å². The van der Waals surface area contributed by atoms with Gasteiger partial charge in [-0.1, -0.05) is 30.3 Å². The lowest BCUT2D eigenvalue weighted by Crippen LogP contribution is -2.15. The standard InChI is InChI=1S/C13H14O3/c1-10(13(15)16-2)12(9-14)8-11-6-4-3-5-7-11/h3-10H,1-2H3/b12-8-/i9D. The van der Waals surface area contributed by atoms with E-state index >= 15 is 0 Å². The van der Waals surface area contributed by atoms with Gasteiger partial charge in [-0.2, -0.15) is 0 Å². The van der Waals surface area contributed by atoms with E-state index < -0.39 is 18.1 Å². The zero-order valence-corrected chi connectivity index (χ0v) is 9.27. The molecule has 0 bridgehead atoms. The van der Waals surface area contributed by atoms with E-state index in [0.717, 1.165) is 5.56 Å². The van der Waals surface area contributed by atoms with Crippen LogP contribution in [0.3, 0.4) is 0 Å². The Morgan fingerprint density at radius 2 is 2.06 bits per heavy atom. The Morgan fingerprint density at radius 1 is 1.44 bits per heavy atom. The van der Waals surface area contributed by atoms with E-state index in [1.54, 1.807) is 19.1 Å². The number of methoxy groups -OCH3 is 1. The molecule has 0 fully saturated rings. The van der Waals surface area contributed by atoms with Gasteiger partial charge in [-0.15, -0.1) is 0 Å². The highest BCUT2D eigenvalue weighted by Gasteiger charge is 2.17. The van der Waals surface area contributed by atoms with Crippen LogP contribution in [0.2, 0.25) is 0 Å². The summed E-state index contributed by atoms with van der Waals surface area (Å²) in [6.07, 6.45) is 0.670. The molecule has 1 unspecified atom stereocenters. The molecule has 16 heavy (non-hydrogen) atoms. The molecular weight excluding hydrogens is 204 g/mol. The summed E-state index contributed by atoms with van der Waals surface area (Å²) in [5.41, 5.74) is 0.905. The number of carbonyl (C=O) groups is 2. The van der Waals surface area contributed by atoms with Gasteiger partial charge in [0.1, 0.15) is 7.63 Å². The van der Waals surface area contributed by atoms with Gasteiger partial charge in [0.25, 0.3) is 0 Å². The maximum Gasteiger partial charge on any atom is 0.312 e. The largest absolute Gasteiger partial charge is 0.469 e. The Balaban J connectivity index is 3.06. The fourth-order valence-electron chi connectivity index (χ4n) is 1.28. The van der Waals surface area contributed by atoms with Crippen LogP contribution in [0.4, 0.5) is 0 Å². The molecule has 3 heteroatoms. The molecule has 0 aliphatic rings. The molecular formula is C13H14O3. The van der Waals surface area contributed by atoms with Gasteiger partial charge in [0.05, 0.1) is 13.0 Å². The highest BCUT2D eigenvalue weighted by molar-refractivity contribution is 5.91. The van der Waals surface area contributed by atoms with Crippen LogP contribution in [0, 0.1) is 5.92 Å². The predicted molar refractivity (Wildman–Crippen MR) is 61.7 cm³/mol. The van der Waals surface area contributed by atoms with Crippen LogP contribution in [-0.4, -0.2) is 19.3 Å². The SMILES string of the molecule is [2H]C(=O)/C(=C/c1ccccc1)C(C)C(=O)OC. The summed E-state index contributed by atoms with van der Waals surface area (Å²) in [5.74, 6) is -1.25. The summed E-state index contributed by atoms with van der Waals surface area (Å²) >= 11 is 0. The van der Waals surface area contributed by atoms with Crippen LogP contribution in [0.5, 0.6) is 0 Å². The first-order chi connectivity index (χ1) is 8.06. The second kappa shape index (κ2) is 5.85. The maximum atomic E-state index is 11.3. The molecule has 0 saturated carbocycles. The van der Waals surface area contributed by atoms with E-state index in [0.29, 0.717) is 0 Å². The number of carbonyl (C=O) groups excluding carboxylic acids is 2. The Labute approximate surface area is 96.1 Å². The molecule has 3 nitrogen and oxygen atoms in total. The molecule has 1 rings (SSSR count). The second-order valence-electron chi connectivity index (χ2n) is 3.36. The lowest BCUT2D eigenvalue weighted by atomic mass is 10.00. The van der Waals surface area contributed by atoms with Crippen LogP contribution >= 0.6 is 0 Å². The third-order valence-electron chi connectivity index (χ3n) is 2.26. The summed E-state index contributed by atoms with van der Waals surface area (Å²) in [5, 5.41) is 0. The number of benzene rings is 1. The molecule has 0 saturated heterocycles. The van der Waals surface area contributed by atoms with Crippen LogP contribution in [0.1, 0.15) is 13.9 Å². The van der Waals surface area contributed by atoms with Gasteiger partial charge in [0.2, 0.25) is 0 Å². The third kappa shape index (κ3) is 3.05. The summed E-state index contributed by atoms with van der Waals surface area (Å²) in [6, 6.07) is 9.09. The first-order valence-corrected chi connectivity index (χ1v) is 4.91. The van der Waals surface area contributed by atoms with Crippen molar-refractivity contribution < 1.29 is 15.7 Å². The van der Waals surface area contributed by atoms with Crippen molar-refractivity contribution in [3.8, 4) is 0 Å². The Hall–Kier alpha value is -1.90. The summed E-state index contributed by atoms with van der Waals surface area (Å²) in [4.78, 5) is 22.6. The summed E-state index contributed by atoms with van der Waals surface area (Å²) in [6.45, 7) is 1.55. The Morgan fingerprint density at radius 3 is 2.56 bits per heavy atom. The zero-order chi connectivity index (χ0) is 12.8. The molecule has 0 heterocycles. The van der Waals surface area contributed by atoms with Gasteiger partial charge in [0.15, 0.2) is 0 Å². The van der Waals surface area contributed by atoms with Crippen molar-refractivity contribution in [2.24, 2.45) is 5.92 Å². The van der Waals surface area contributed by atoms with Crippen LogP contribution < -0.4 is 0 Å². The minimum atomic E-state index is -0.869. The molecule has 0 N–H and O–H groups in total. The smallest absolute Gasteiger partial charge is 0.312 e. The normalized spacial score (nSPS) is 13.9. The monoisotopic (exact) mass is 219 g/mol. The highest BCUT2D eigenvalue weighted by atomic mass is 16.5. The number of hydrogen-bond donors (Lipinski definition) is 0. The number of ether oxygens (including phenoxy) is 1. The maximum absolute atomic E-state index is 11.3. The van der Waals surface area contributed by atoms with Gasteiger partial charge >= 0.3 is 5.97 Å². The van der Waals surface area contributed by atoms with Gasteiger partial charge in [0, 0.05) is 5.57 Å². The van der Waals surface area contributed by atoms with Crippen LogP contribution in [0.25, 0.3) is 6.08 Å². The molecule has 0 spiro atoms. The minimum Gasteiger partial charge on any atom is -0.469 e. The number of esters is 1. The van der Waals surface area contributed by atoms with E-state index in [4.69, 9.17) is 1.37 Å². The van der Waals surface area contributed by atoms with Gasteiger partial charge in [-0.05, 0) is 18.6 Å². The molecule has 0 aromatic heterocycles. The van der Waals surface area contributed by atoms with Crippen molar-refractivity contribution in [2.75, 3.05) is 7.11 Å². The van der Waals surface area contributed by atoms with Gasteiger partial charge in [-0.3, -0.25) is 9.59 Å². The molecule has 84 valence electrons. The van der Waals surface area contributed by atoms with Crippen LogP contribution in [-0.2, 0) is 14.3 Å². The summed E-state index contributed by atoms with van der Waals surface area (Å²) in [7, 11) is 1.26. The van der Waals surface area contributed by atoms with Gasteiger partial charge < -0.3 is 4.74 Å². The van der Waals surface area contributed by atoms with Crippen molar-refractivity contribution in [3.63, 3.8) is 0 Å². The lowest BCUT2D eigenvalue weighted by Gasteiger charge is -2.08. The number of aldehydes is 1. The molecule has 0 amide bonds. The van der Waals surface area contributed by atoms with Gasteiger partial charge in [-0.25, -0.2) is 0 Å². The molecule has 1 atom stereocenters. The lowest BCUT2D eigenvalue weighted by molar-refractivity contribution is -0.143. The zero-order valence-electron chi connectivity index (χ0n) is 10.3. The van der Waals surface area contributed by atoms with Crippen molar-refractivity contribution in [1.29, 1.82) is 0 Å².